The molecule has 1 N–H and O–H groups in total. The number of nitrogens with zero attached hydrogens (tertiary/aromatic N) is 1. The lowest BCUT2D eigenvalue weighted by Gasteiger charge is -2.24. The number of hydrogen-bond donors (Lipinski definition) is 1. The maximum Gasteiger partial charge on any atom is 0.234 e. The van der Waals surface area contributed by atoms with Crippen LogP contribution in [0.15, 0.2) is 54.6 Å². The van der Waals surface area contributed by atoms with Crippen molar-refractivity contribution in [1.29, 1.82) is 0 Å². The SMILES string of the molecule is O=C(CN1CCC[C@H]1c1ccccc1)NC[C@H]1Cc2ccccc2O1. The minimum absolute atomic E-state index is 0.0462. The van der Waals surface area contributed by atoms with Gasteiger partial charge in [-0.15, -0.1) is 0 Å². The van der Waals surface area contributed by atoms with Crippen LogP contribution < -0.4 is 10.1 Å². The highest BCUT2D eigenvalue weighted by atomic mass is 16.5. The Hall–Kier alpha value is -2.33. The smallest absolute Gasteiger partial charge is 0.234 e. The molecule has 130 valence electrons. The van der Waals surface area contributed by atoms with Crippen molar-refractivity contribution in [3.63, 3.8) is 0 Å². The third-order valence-electron chi connectivity index (χ3n) is 5.14. The zero-order chi connectivity index (χ0) is 17.1. The lowest BCUT2D eigenvalue weighted by molar-refractivity contribution is -0.122. The van der Waals surface area contributed by atoms with Crippen LogP contribution in [0.5, 0.6) is 5.75 Å². The van der Waals surface area contributed by atoms with Crippen LogP contribution in [0, 0.1) is 0 Å². The van der Waals surface area contributed by atoms with Crippen molar-refractivity contribution in [2.75, 3.05) is 19.6 Å². The number of hydrogen-bond acceptors (Lipinski definition) is 3. The number of carbonyl (C=O) groups excluding carboxylic acids is 1. The van der Waals surface area contributed by atoms with Crippen LogP contribution in [0.4, 0.5) is 0 Å². The van der Waals surface area contributed by atoms with Crippen molar-refractivity contribution in [3.05, 3.63) is 65.7 Å². The summed E-state index contributed by atoms with van der Waals surface area (Å²) < 4.78 is 5.89. The summed E-state index contributed by atoms with van der Waals surface area (Å²) in [6.07, 6.45) is 3.18. The van der Waals surface area contributed by atoms with Crippen molar-refractivity contribution < 1.29 is 9.53 Å². The van der Waals surface area contributed by atoms with Crippen molar-refractivity contribution in [1.82, 2.24) is 10.2 Å². The first-order valence-electron chi connectivity index (χ1n) is 9.10. The van der Waals surface area contributed by atoms with E-state index in [2.05, 4.69) is 40.5 Å². The van der Waals surface area contributed by atoms with Crippen LogP contribution >= 0.6 is 0 Å². The Labute approximate surface area is 148 Å². The van der Waals surface area contributed by atoms with E-state index in [0.717, 1.165) is 31.6 Å². The monoisotopic (exact) mass is 336 g/mol. The number of fused-ring (bicyclic) bond motifs is 1. The molecular weight excluding hydrogens is 312 g/mol. The fraction of sp³-hybridized carbons (Fsp3) is 0.381. The molecule has 4 heteroatoms. The molecule has 1 amide bonds. The average molecular weight is 336 g/mol. The molecule has 0 unspecified atom stereocenters. The summed E-state index contributed by atoms with van der Waals surface area (Å²) >= 11 is 0. The third kappa shape index (κ3) is 3.69. The second-order valence-corrected chi connectivity index (χ2v) is 6.89. The maximum absolute atomic E-state index is 12.4. The van der Waals surface area contributed by atoms with Gasteiger partial charge in [0.2, 0.25) is 5.91 Å². The molecule has 0 spiro atoms. The largest absolute Gasteiger partial charge is 0.488 e. The van der Waals surface area contributed by atoms with Gasteiger partial charge < -0.3 is 10.1 Å². The number of rotatable bonds is 5. The predicted molar refractivity (Wildman–Crippen MR) is 97.6 cm³/mol. The zero-order valence-electron chi connectivity index (χ0n) is 14.4. The van der Waals surface area contributed by atoms with E-state index in [1.54, 1.807) is 0 Å². The number of carbonyl (C=O) groups is 1. The molecule has 0 aromatic heterocycles. The normalized spacial score (nSPS) is 22.4. The number of likely N-dealkylation sites (tertiary alicyclic amines) is 1. The van der Waals surface area contributed by atoms with Gasteiger partial charge >= 0.3 is 0 Å². The first kappa shape index (κ1) is 16.2. The summed E-state index contributed by atoms with van der Waals surface area (Å²) in [5, 5.41) is 3.05. The Morgan fingerprint density at radius 2 is 1.92 bits per heavy atom. The van der Waals surface area contributed by atoms with Crippen LogP contribution in [0.3, 0.4) is 0 Å². The molecule has 0 aliphatic carbocycles. The van der Waals surface area contributed by atoms with E-state index in [0.29, 0.717) is 19.1 Å². The van der Waals surface area contributed by atoms with Gasteiger partial charge in [-0.2, -0.15) is 0 Å². The van der Waals surface area contributed by atoms with Crippen LogP contribution in [0.1, 0.15) is 30.0 Å². The number of ether oxygens (including phenoxy) is 1. The summed E-state index contributed by atoms with van der Waals surface area (Å²) in [7, 11) is 0. The lowest BCUT2D eigenvalue weighted by Crippen LogP contribution is -2.41. The van der Waals surface area contributed by atoms with E-state index in [4.69, 9.17) is 4.74 Å². The third-order valence-corrected chi connectivity index (χ3v) is 5.14. The fourth-order valence-electron chi connectivity index (χ4n) is 3.90. The Balaban J connectivity index is 1.28. The summed E-state index contributed by atoms with van der Waals surface area (Å²) in [5.74, 6) is 1.04. The van der Waals surface area contributed by atoms with Gasteiger partial charge in [-0.05, 0) is 36.6 Å². The summed E-state index contributed by atoms with van der Waals surface area (Å²) in [4.78, 5) is 14.7. The molecule has 4 rings (SSSR count). The van der Waals surface area contributed by atoms with Gasteiger partial charge in [0.15, 0.2) is 0 Å². The van der Waals surface area contributed by atoms with E-state index in [1.165, 1.54) is 11.1 Å². The van der Waals surface area contributed by atoms with Gasteiger partial charge in [-0.25, -0.2) is 0 Å². The molecule has 2 atom stereocenters. The van der Waals surface area contributed by atoms with Gasteiger partial charge in [0, 0.05) is 12.5 Å². The molecule has 0 saturated carbocycles. The lowest BCUT2D eigenvalue weighted by atomic mass is 10.0. The van der Waals surface area contributed by atoms with Crippen LogP contribution in [0.2, 0.25) is 0 Å². The average Bonchev–Trinajstić information content (AvgIpc) is 3.27. The molecule has 1 fully saturated rings. The molecule has 2 aliphatic rings. The molecule has 1 saturated heterocycles. The Kier molecular flexibility index (Phi) is 4.70. The minimum atomic E-state index is 0.0462. The highest BCUT2D eigenvalue weighted by Crippen LogP contribution is 2.31. The number of benzene rings is 2. The fourth-order valence-corrected chi connectivity index (χ4v) is 3.90. The predicted octanol–water partition coefficient (Wildman–Crippen LogP) is 2.94. The molecule has 0 radical (unpaired) electrons. The molecule has 2 aromatic carbocycles. The van der Waals surface area contributed by atoms with Crippen LogP contribution in [-0.4, -0.2) is 36.5 Å². The van der Waals surface area contributed by atoms with Gasteiger partial charge in [0.1, 0.15) is 11.9 Å². The Morgan fingerprint density at radius 3 is 2.76 bits per heavy atom. The van der Waals surface area contributed by atoms with E-state index in [9.17, 15) is 4.79 Å². The van der Waals surface area contributed by atoms with E-state index in [1.807, 2.05) is 24.3 Å². The molecular formula is C21H24N2O2. The second kappa shape index (κ2) is 7.28. The second-order valence-electron chi connectivity index (χ2n) is 6.89. The standard InChI is InChI=1S/C21H24N2O2/c24-21(22-14-18-13-17-9-4-5-11-20(17)25-18)15-23-12-6-10-19(23)16-7-2-1-3-8-16/h1-5,7-9,11,18-19H,6,10,12-15H2,(H,22,24)/t18-,19+/m1/s1. The first-order chi connectivity index (χ1) is 12.3. The van der Waals surface area contributed by atoms with Gasteiger partial charge in [-0.1, -0.05) is 48.5 Å². The quantitative estimate of drug-likeness (QED) is 0.913. The van der Waals surface area contributed by atoms with E-state index in [-0.39, 0.29) is 12.0 Å². The van der Waals surface area contributed by atoms with Crippen molar-refractivity contribution in [2.45, 2.75) is 31.4 Å². The summed E-state index contributed by atoms with van der Waals surface area (Å²) in [6, 6.07) is 18.9. The molecule has 2 aliphatic heterocycles. The van der Waals surface area contributed by atoms with E-state index >= 15 is 0 Å². The van der Waals surface area contributed by atoms with E-state index < -0.39 is 0 Å². The minimum Gasteiger partial charge on any atom is -0.488 e. The summed E-state index contributed by atoms with van der Waals surface area (Å²) in [5.41, 5.74) is 2.54. The van der Waals surface area contributed by atoms with Crippen molar-refractivity contribution in [3.8, 4) is 5.75 Å². The van der Waals surface area contributed by atoms with Gasteiger partial charge in [-0.3, -0.25) is 9.69 Å². The highest BCUT2D eigenvalue weighted by Gasteiger charge is 2.28. The molecule has 0 bridgehead atoms. The Morgan fingerprint density at radius 1 is 1.12 bits per heavy atom. The molecule has 2 heterocycles. The number of nitrogens with one attached hydrogen (secondary N) is 1. The Bertz CT molecular complexity index is 707. The molecule has 25 heavy (non-hydrogen) atoms. The first-order valence-corrected chi connectivity index (χ1v) is 9.10. The number of para-hydroxylation sites is 1. The number of amides is 1. The topological polar surface area (TPSA) is 41.6 Å². The molecule has 2 aromatic rings. The summed E-state index contributed by atoms with van der Waals surface area (Å²) in [6.45, 7) is 2.01. The van der Waals surface area contributed by atoms with Crippen LogP contribution in [0.25, 0.3) is 0 Å². The van der Waals surface area contributed by atoms with Crippen molar-refractivity contribution >= 4 is 5.91 Å². The molecule has 4 nitrogen and oxygen atoms in total. The highest BCUT2D eigenvalue weighted by molar-refractivity contribution is 5.78. The van der Waals surface area contributed by atoms with Gasteiger partial charge in [0.05, 0.1) is 13.1 Å². The van der Waals surface area contributed by atoms with Crippen molar-refractivity contribution in [2.24, 2.45) is 0 Å². The van der Waals surface area contributed by atoms with Crippen LogP contribution in [-0.2, 0) is 11.2 Å². The van der Waals surface area contributed by atoms with Gasteiger partial charge in [0.25, 0.3) is 0 Å². The maximum atomic E-state index is 12.4. The zero-order valence-corrected chi connectivity index (χ0v) is 14.4.